The van der Waals surface area contributed by atoms with Crippen LogP contribution in [0.2, 0.25) is 0 Å². The Bertz CT molecular complexity index is 941. The summed E-state index contributed by atoms with van der Waals surface area (Å²) in [5.41, 5.74) is 1.69. The number of carbonyl (C=O) groups is 2. The Hall–Kier alpha value is -3.60. The smallest absolute Gasteiger partial charge is 0.242 e. The summed E-state index contributed by atoms with van der Waals surface area (Å²) in [5, 5.41) is 0. The van der Waals surface area contributed by atoms with E-state index in [1.807, 2.05) is 60.7 Å². The molecule has 29 heavy (non-hydrogen) atoms. The minimum atomic E-state index is -0.191. The number of likely N-dealkylation sites (N-methyl/N-ethyl adjacent to an activating group) is 1. The second-order valence-corrected chi connectivity index (χ2v) is 6.75. The molecule has 0 saturated carbocycles. The van der Waals surface area contributed by atoms with Crippen LogP contribution in [0, 0.1) is 0 Å². The highest BCUT2D eigenvalue weighted by Crippen LogP contribution is 2.24. The molecule has 0 heterocycles. The zero-order valence-corrected chi connectivity index (χ0v) is 16.6. The summed E-state index contributed by atoms with van der Waals surface area (Å²) < 4.78 is 5.78. The van der Waals surface area contributed by atoms with Crippen molar-refractivity contribution in [1.29, 1.82) is 0 Å². The molecule has 5 nitrogen and oxygen atoms in total. The molecule has 148 valence electrons. The molecule has 3 rings (SSSR count). The fraction of sp³-hybridized carbons (Fsp3) is 0.167. The maximum Gasteiger partial charge on any atom is 0.242 e. The monoisotopic (exact) mass is 388 g/mol. The molecule has 0 unspecified atom stereocenters. The molecule has 2 amide bonds. The number of nitrogens with zero attached hydrogens (tertiary/aromatic N) is 2. The van der Waals surface area contributed by atoms with Gasteiger partial charge in [-0.25, -0.2) is 0 Å². The lowest BCUT2D eigenvalue weighted by molar-refractivity contribution is -0.130. The largest absolute Gasteiger partial charge is 0.457 e. The molecule has 0 aliphatic heterocycles. The predicted molar refractivity (Wildman–Crippen MR) is 114 cm³/mol. The molecule has 0 aliphatic rings. The van der Waals surface area contributed by atoms with Gasteiger partial charge in [0.1, 0.15) is 18.0 Å². The van der Waals surface area contributed by atoms with Crippen LogP contribution in [0.1, 0.15) is 12.5 Å². The SMILES string of the molecule is CC(=O)N(CC(=O)N(C)Cc1ccccc1)c1ccc(Oc2ccccc2)cc1. The second-order valence-electron chi connectivity index (χ2n) is 6.75. The van der Waals surface area contributed by atoms with Crippen molar-refractivity contribution < 1.29 is 14.3 Å². The molecule has 0 atom stereocenters. The number of para-hydroxylation sites is 1. The lowest BCUT2D eigenvalue weighted by atomic mass is 10.2. The number of hydrogen-bond acceptors (Lipinski definition) is 3. The van der Waals surface area contributed by atoms with Gasteiger partial charge in [0.05, 0.1) is 0 Å². The first-order valence-electron chi connectivity index (χ1n) is 9.42. The maximum atomic E-state index is 12.7. The summed E-state index contributed by atoms with van der Waals surface area (Å²) in [7, 11) is 1.74. The highest BCUT2D eigenvalue weighted by atomic mass is 16.5. The van der Waals surface area contributed by atoms with E-state index in [1.165, 1.54) is 11.8 Å². The van der Waals surface area contributed by atoms with Gasteiger partial charge in [0.25, 0.3) is 0 Å². The van der Waals surface area contributed by atoms with Crippen LogP contribution in [0.4, 0.5) is 5.69 Å². The van der Waals surface area contributed by atoms with Gasteiger partial charge in [-0.2, -0.15) is 0 Å². The van der Waals surface area contributed by atoms with E-state index >= 15 is 0 Å². The summed E-state index contributed by atoms with van der Waals surface area (Å²) in [5.74, 6) is 1.08. The molecule has 0 bridgehead atoms. The van der Waals surface area contributed by atoms with Gasteiger partial charge in [0.15, 0.2) is 0 Å². The number of carbonyl (C=O) groups excluding carboxylic acids is 2. The Morgan fingerprint density at radius 1 is 0.793 bits per heavy atom. The predicted octanol–water partition coefficient (Wildman–Crippen LogP) is 4.49. The Balaban J connectivity index is 1.66. The zero-order valence-electron chi connectivity index (χ0n) is 16.6. The Morgan fingerprint density at radius 2 is 1.34 bits per heavy atom. The van der Waals surface area contributed by atoms with E-state index in [0.29, 0.717) is 18.0 Å². The van der Waals surface area contributed by atoms with Gasteiger partial charge < -0.3 is 14.5 Å². The van der Waals surface area contributed by atoms with Gasteiger partial charge in [-0.15, -0.1) is 0 Å². The van der Waals surface area contributed by atoms with Crippen LogP contribution in [0.25, 0.3) is 0 Å². The fourth-order valence-corrected chi connectivity index (χ4v) is 2.90. The lowest BCUT2D eigenvalue weighted by Gasteiger charge is -2.24. The molecule has 3 aromatic carbocycles. The van der Waals surface area contributed by atoms with E-state index in [0.717, 1.165) is 11.3 Å². The van der Waals surface area contributed by atoms with Crippen LogP contribution < -0.4 is 9.64 Å². The number of anilines is 1. The van der Waals surface area contributed by atoms with Crippen molar-refractivity contribution in [2.45, 2.75) is 13.5 Å². The second kappa shape index (κ2) is 9.55. The van der Waals surface area contributed by atoms with Crippen LogP contribution >= 0.6 is 0 Å². The van der Waals surface area contributed by atoms with Crippen LogP contribution in [-0.4, -0.2) is 30.3 Å². The maximum absolute atomic E-state index is 12.7. The summed E-state index contributed by atoms with van der Waals surface area (Å²) in [6, 6.07) is 26.4. The first-order valence-corrected chi connectivity index (χ1v) is 9.42. The minimum Gasteiger partial charge on any atom is -0.457 e. The molecular formula is C24H24N2O3. The molecule has 0 spiro atoms. The normalized spacial score (nSPS) is 10.3. The third-order valence-corrected chi connectivity index (χ3v) is 4.49. The minimum absolute atomic E-state index is 0.0163. The van der Waals surface area contributed by atoms with Crippen molar-refractivity contribution in [2.75, 3.05) is 18.5 Å². The molecular weight excluding hydrogens is 364 g/mol. The number of rotatable bonds is 7. The first kappa shape index (κ1) is 20.1. The lowest BCUT2D eigenvalue weighted by Crippen LogP contribution is -2.40. The van der Waals surface area contributed by atoms with E-state index in [9.17, 15) is 9.59 Å². The molecule has 5 heteroatoms. The molecule has 0 radical (unpaired) electrons. The van der Waals surface area contributed by atoms with Crippen molar-refractivity contribution in [2.24, 2.45) is 0 Å². The highest BCUT2D eigenvalue weighted by Gasteiger charge is 2.18. The van der Waals surface area contributed by atoms with Crippen molar-refractivity contribution in [3.8, 4) is 11.5 Å². The standard InChI is InChI=1S/C24H24N2O3/c1-19(27)26(18-24(28)25(2)17-20-9-5-3-6-10-20)21-13-15-23(16-14-21)29-22-11-7-4-8-12-22/h3-16H,17-18H2,1-2H3. The van der Waals surface area contributed by atoms with Gasteiger partial charge in [-0.1, -0.05) is 48.5 Å². The molecule has 0 saturated heterocycles. The summed E-state index contributed by atoms with van der Waals surface area (Å²) in [6.45, 7) is 1.94. The third kappa shape index (κ3) is 5.69. The van der Waals surface area contributed by atoms with E-state index in [2.05, 4.69) is 0 Å². The van der Waals surface area contributed by atoms with Crippen LogP contribution in [-0.2, 0) is 16.1 Å². The van der Waals surface area contributed by atoms with Crippen molar-refractivity contribution in [1.82, 2.24) is 4.90 Å². The van der Waals surface area contributed by atoms with Gasteiger partial charge >= 0.3 is 0 Å². The first-order chi connectivity index (χ1) is 14.0. The zero-order chi connectivity index (χ0) is 20.6. The highest BCUT2D eigenvalue weighted by molar-refractivity contribution is 5.97. The quantitative estimate of drug-likeness (QED) is 0.599. The summed E-state index contributed by atoms with van der Waals surface area (Å²) in [6.07, 6.45) is 0. The van der Waals surface area contributed by atoms with Crippen LogP contribution in [0.5, 0.6) is 11.5 Å². The Labute approximate surface area is 171 Å². The van der Waals surface area contributed by atoms with Crippen LogP contribution in [0.3, 0.4) is 0 Å². The molecule has 0 aliphatic carbocycles. The van der Waals surface area contributed by atoms with Gasteiger partial charge in [0.2, 0.25) is 11.8 Å². The van der Waals surface area contributed by atoms with E-state index in [4.69, 9.17) is 4.74 Å². The van der Waals surface area contributed by atoms with Crippen LogP contribution in [0.15, 0.2) is 84.9 Å². The van der Waals surface area contributed by atoms with Crippen molar-refractivity contribution in [3.63, 3.8) is 0 Å². The molecule has 0 fully saturated rings. The Kier molecular flexibility index (Phi) is 6.63. The summed E-state index contributed by atoms with van der Waals surface area (Å²) >= 11 is 0. The van der Waals surface area contributed by atoms with Crippen molar-refractivity contribution in [3.05, 3.63) is 90.5 Å². The average molecular weight is 388 g/mol. The average Bonchev–Trinajstić information content (AvgIpc) is 2.74. The fourth-order valence-electron chi connectivity index (χ4n) is 2.90. The Morgan fingerprint density at radius 3 is 1.93 bits per heavy atom. The molecule has 0 aromatic heterocycles. The topological polar surface area (TPSA) is 49.9 Å². The number of hydrogen-bond donors (Lipinski definition) is 0. The van der Waals surface area contributed by atoms with Gasteiger partial charge in [-0.05, 0) is 42.0 Å². The number of ether oxygens (including phenoxy) is 1. The van der Waals surface area contributed by atoms with Gasteiger partial charge in [0, 0.05) is 26.2 Å². The molecule has 0 N–H and O–H groups in total. The van der Waals surface area contributed by atoms with E-state index < -0.39 is 0 Å². The third-order valence-electron chi connectivity index (χ3n) is 4.49. The van der Waals surface area contributed by atoms with Crippen molar-refractivity contribution >= 4 is 17.5 Å². The summed E-state index contributed by atoms with van der Waals surface area (Å²) in [4.78, 5) is 27.9. The number of amides is 2. The molecule has 3 aromatic rings. The van der Waals surface area contributed by atoms with E-state index in [-0.39, 0.29) is 18.4 Å². The van der Waals surface area contributed by atoms with Gasteiger partial charge in [-0.3, -0.25) is 9.59 Å². The number of benzene rings is 3. The van der Waals surface area contributed by atoms with E-state index in [1.54, 1.807) is 36.2 Å².